The number of carbonyl (C=O) groups is 2. The Morgan fingerprint density at radius 3 is 2.76 bits per heavy atom. The molecule has 4 N–H and O–H groups in total. The molecule has 1 saturated heterocycles. The third kappa shape index (κ3) is 5.66. The number of piperidine rings is 1. The maximum absolute atomic E-state index is 12.5. The number of rotatable bonds is 6. The van der Waals surface area contributed by atoms with E-state index in [-0.39, 0.29) is 47.5 Å². The lowest BCUT2D eigenvalue weighted by atomic mass is 9.94. The molecule has 1 aliphatic heterocycles. The van der Waals surface area contributed by atoms with Crippen LogP contribution in [-0.2, 0) is 4.79 Å². The van der Waals surface area contributed by atoms with E-state index < -0.39 is 5.91 Å². The van der Waals surface area contributed by atoms with Crippen molar-refractivity contribution in [1.29, 1.82) is 0 Å². The van der Waals surface area contributed by atoms with E-state index in [2.05, 4.69) is 17.6 Å². The van der Waals surface area contributed by atoms with Crippen LogP contribution < -0.4 is 25.8 Å². The van der Waals surface area contributed by atoms with Crippen molar-refractivity contribution in [3.05, 3.63) is 22.7 Å². The highest BCUT2D eigenvalue weighted by Gasteiger charge is 2.24. The van der Waals surface area contributed by atoms with E-state index in [1.54, 1.807) is 0 Å². The zero-order valence-corrected chi connectivity index (χ0v) is 15.7. The smallest absolute Gasteiger partial charge is 0.255 e. The van der Waals surface area contributed by atoms with Gasteiger partial charge in [0.25, 0.3) is 11.8 Å². The van der Waals surface area contributed by atoms with Crippen molar-refractivity contribution in [2.75, 3.05) is 26.8 Å². The van der Waals surface area contributed by atoms with E-state index in [1.807, 2.05) is 0 Å². The number of benzene rings is 1. The molecular weight excluding hydrogens is 369 g/mol. The topological polar surface area (TPSA) is 103 Å². The van der Waals surface area contributed by atoms with E-state index in [9.17, 15) is 9.59 Å². The molecule has 0 aromatic heterocycles. The number of hydrogen-bond acceptors (Lipinski definition) is 5. The highest BCUT2D eigenvalue weighted by atomic mass is 35.5. The summed E-state index contributed by atoms with van der Waals surface area (Å²) in [6, 6.07) is 3.07. The minimum absolute atomic E-state index is 0. The molecular formula is C16H23Cl2N3O4. The first kappa shape index (κ1) is 21.3. The minimum Gasteiger partial charge on any atom is -0.493 e. The minimum atomic E-state index is -0.631. The van der Waals surface area contributed by atoms with Gasteiger partial charge in [0.05, 0.1) is 12.1 Å². The van der Waals surface area contributed by atoms with E-state index in [1.165, 1.54) is 19.2 Å². The van der Waals surface area contributed by atoms with Crippen LogP contribution in [0.15, 0.2) is 12.1 Å². The van der Waals surface area contributed by atoms with Crippen molar-refractivity contribution in [3.63, 3.8) is 0 Å². The van der Waals surface area contributed by atoms with Gasteiger partial charge in [-0.25, -0.2) is 0 Å². The second-order valence-corrected chi connectivity index (χ2v) is 6.20. The van der Waals surface area contributed by atoms with Gasteiger partial charge in [0.2, 0.25) is 0 Å². The summed E-state index contributed by atoms with van der Waals surface area (Å²) in [5.74, 6) is -0.0254. The summed E-state index contributed by atoms with van der Waals surface area (Å²) in [4.78, 5) is 23.3. The number of primary amides is 1. The molecule has 0 bridgehead atoms. The van der Waals surface area contributed by atoms with Gasteiger partial charge in [-0.05, 0) is 31.0 Å². The lowest BCUT2D eigenvalue weighted by molar-refractivity contribution is -0.119. The highest BCUT2D eigenvalue weighted by Crippen LogP contribution is 2.36. The van der Waals surface area contributed by atoms with Gasteiger partial charge < -0.3 is 25.8 Å². The summed E-state index contributed by atoms with van der Waals surface area (Å²) in [5, 5.41) is 6.44. The molecule has 1 heterocycles. The molecule has 1 fully saturated rings. The number of carbonyl (C=O) groups excluding carboxylic acids is 2. The molecule has 0 spiro atoms. The maximum atomic E-state index is 12.5. The first-order valence-electron chi connectivity index (χ1n) is 7.72. The normalized spacial score (nSPS) is 19.5. The van der Waals surface area contributed by atoms with Crippen molar-refractivity contribution < 1.29 is 19.1 Å². The van der Waals surface area contributed by atoms with Crippen LogP contribution in [0, 0.1) is 5.92 Å². The van der Waals surface area contributed by atoms with E-state index >= 15 is 0 Å². The second kappa shape index (κ2) is 9.70. The van der Waals surface area contributed by atoms with Crippen LogP contribution in [0.3, 0.4) is 0 Å². The molecule has 2 unspecified atom stereocenters. The SMILES string of the molecule is COc1cc(C(=O)NC2CNCCC2C)cc(Cl)c1OCC(N)=O.Cl. The van der Waals surface area contributed by atoms with Gasteiger partial charge in [-0.15, -0.1) is 12.4 Å². The Hall–Kier alpha value is -1.70. The average Bonchev–Trinajstić information content (AvgIpc) is 2.54. The lowest BCUT2D eigenvalue weighted by Crippen LogP contribution is -2.50. The first-order valence-corrected chi connectivity index (χ1v) is 8.10. The molecule has 1 aromatic rings. The van der Waals surface area contributed by atoms with Crippen molar-refractivity contribution in [3.8, 4) is 11.5 Å². The van der Waals surface area contributed by atoms with Crippen LogP contribution in [0.2, 0.25) is 5.02 Å². The number of ether oxygens (including phenoxy) is 2. The number of amides is 2. The second-order valence-electron chi connectivity index (χ2n) is 5.79. The summed E-state index contributed by atoms with van der Waals surface area (Å²) in [7, 11) is 1.43. The van der Waals surface area contributed by atoms with Gasteiger partial charge in [0.1, 0.15) is 0 Å². The molecule has 2 rings (SSSR count). The summed E-state index contributed by atoms with van der Waals surface area (Å²) in [6.45, 7) is 3.48. The van der Waals surface area contributed by atoms with Crippen molar-refractivity contribution >= 4 is 35.8 Å². The molecule has 1 aliphatic rings. The van der Waals surface area contributed by atoms with Gasteiger partial charge in [0, 0.05) is 18.2 Å². The summed E-state index contributed by atoms with van der Waals surface area (Å²) >= 11 is 6.16. The number of hydrogen-bond donors (Lipinski definition) is 3. The molecule has 9 heteroatoms. The van der Waals surface area contributed by atoms with Gasteiger partial charge in [-0.3, -0.25) is 9.59 Å². The molecule has 0 saturated carbocycles. The van der Waals surface area contributed by atoms with E-state index in [4.69, 9.17) is 26.8 Å². The maximum Gasteiger partial charge on any atom is 0.255 e. The predicted molar refractivity (Wildman–Crippen MR) is 97.8 cm³/mol. The molecule has 140 valence electrons. The van der Waals surface area contributed by atoms with Crippen molar-refractivity contribution in [1.82, 2.24) is 10.6 Å². The fourth-order valence-corrected chi connectivity index (χ4v) is 2.83. The largest absolute Gasteiger partial charge is 0.493 e. The monoisotopic (exact) mass is 391 g/mol. The van der Waals surface area contributed by atoms with Gasteiger partial charge >= 0.3 is 0 Å². The molecule has 7 nitrogen and oxygen atoms in total. The van der Waals surface area contributed by atoms with Gasteiger partial charge in [-0.2, -0.15) is 0 Å². The Morgan fingerprint density at radius 1 is 1.44 bits per heavy atom. The van der Waals surface area contributed by atoms with E-state index in [0.717, 1.165) is 19.5 Å². The number of halogens is 2. The molecule has 0 aliphatic carbocycles. The van der Waals surface area contributed by atoms with Gasteiger partial charge in [-0.1, -0.05) is 18.5 Å². The molecule has 2 atom stereocenters. The van der Waals surface area contributed by atoms with Crippen molar-refractivity contribution in [2.24, 2.45) is 11.7 Å². The first-order chi connectivity index (χ1) is 11.4. The highest BCUT2D eigenvalue weighted by molar-refractivity contribution is 6.32. The number of nitrogens with two attached hydrogens (primary N) is 1. The molecule has 1 aromatic carbocycles. The van der Waals surface area contributed by atoms with Gasteiger partial charge in [0.15, 0.2) is 18.1 Å². The average molecular weight is 392 g/mol. The zero-order valence-electron chi connectivity index (χ0n) is 14.1. The van der Waals surface area contributed by atoms with Crippen LogP contribution in [-0.4, -0.2) is 44.7 Å². The summed E-state index contributed by atoms with van der Waals surface area (Å²) in [6.07, 6.45) is 1.01. The van der Waals surface area contributed by atoms with Crippen LogP contribution >= 0.6 is 24.0 Å². The Balaban J connectivity index is 0.00000312. The zero-order chi connectivity index (χ0) is 17.7. The Morgan fingerprint density at radius 2 is 2.16 bits per heavy atom. The van der Waals surface area contributed by atoms with Crippen molar-refractivity contribution in [2.45, 2.75) is 19.4 Å². The van der Waals surface area contributed by atoms with Crippen LogP contribution in [0.25, 0.3) is 0 Å². The number of nitrogens with one attached hydrogen (secondary N) is 2. The van der Waals surface area contributed by atoms with Crippen LogP contribution in [0.5, 0.6) is 11.5 Å². The fraction of sp³-hybridized carbons (Fsp3) is 0.500. The Bertz CT molecular complexity index is 628. The number of methoxy groups -OCH3 is 1. The Kier molecular flexibility index (Phi) is 8.28. The summed E-state index contributed by atoms with van der Waals surface area (Å²) in [5.41, 5.74) is 5.42. The molecule has 0 radical (unpaired) electrons. The summed E-state index contributed by atoms with van der Waals surface area (Å²) < 4.78 is 10.5. The quantitative estimate of drug-likeness (QED) is 0.679. The third-order valence-corrected chi connectivity index (χ3v) is 4.28. The predicted octanol–water partition coefficient (Wildman–Crippen LogP) is 1.36. The van der Waals surface area contributed by atoms with Crippen LogP contribution in [0.1, 0.15) is 23.7 Å². The van der Waals surface area contributed by atoms with Crippen LogP contribution in [0.4, 0.5) is 0 Å². The molecule has 25 heavy (non-hydrogen) atoms. The molecule has 2 amide bonds. The third-order valence-electron chi connectivity index (χ3n) is 3.99. The lowest BCUT2D eigenvalue weighted by Gasteiger charge is -2.30. The standard InChI is InChI=1S/C16H22ClN3O4.ClH/c1-9-3-4-19-7-12(9)20-16(22)10-5-11(17)15(13(6-10)23-2)24-8-14(18)21;/h5-6,9,12,19H,3-4,7-8H2,1-2H3,(H2,18,21)(H,20,22);1H. The van der Waals surface area contributed by atoms with E-state index in [0.29, 0.717) is 11.5 Å². The Labute approximate surface area is 158 Å². The fourth-order valence-electron chi connectivity index (χ4n) is 2.57.